The quantitative estimate of drug-likeness (QED) is 0.314. The van der Waals surface area contributed by atoms with Crippen molar-refractivity contribution in [3.8, 4) is 0 Å². The van der Waals surface area contributed by atoms with Crippen molar-refractivity contribution in [3.63, 3.8) is 0 Å². The zero-order chi connectivity index (χ0) is 35.3. The largest absolute Gasteiger partial charge is 0.480 e. The summed E-state index contributed by atoms with van der Waals surface area (Å²) < 4.78 is 15.6. The van der Waals surface area contributed by atoms with Crippen molar-refractivity contribution in [1.82, 2.24) is 20.4 Å². The maximum absolute atomic E-state index is 13.8. The van der Waals surface area contributed by atoms with Gasteiger partial charge in [0, 0.05) is 0 Å². The molecule has 2 aromatic rings. The van der Waals surface area contributed by atoms with Crippen molar-refractivity contribution in [2.75, 3.05) is 0 Å². The molecule has 6 amide bonds. The Hall–Kier alpha value is -5.47. The van der Waals surface area contributed by atoms with E-state index in [0.717, 1.165) is 0 Å². The lowest BCUT2D eigenvalue weighted by Gasteiger charge is -2.28. The van der Waals surface area contributed by atoms with Gasteiger partial charge in [0.05, 0.1) is 24.9 Å². The van der Waals surface area contributed by atoms with E-state index in [2.05, 4.69) is 10.6 Å². The Morgan fingerprint density at radius 3 is 1.60 bits per heavy atom. The molecule has 6 atom stereocenters. The molecular weight excluding hydrogens is 628 g/mol. The smallest absolute Gasteiger partial charge is 0.417 e. The number of nitrogens with one attached hydrogen (secondary N) is 2. The number of ether oxygens (including phenoxy) is 3. The number of cyclic esters (lactones) is 2. The second kappa shape index (κ2) is 14.5. The second-order valence-electron chi connectivity index (χ2n) is 12.4. The number of imide groups is 2. The Morgan fingerprint density at radius 2 is 1.17 bits per heavy atom. The topological polar surface area (TPSA) is 198 Å². The third kappa shape index (κ3) is 8.27. The fraction of sp³-hybridized carbons (Fsp3) is 0.424. The Kier molecular flexibility index (Phi) is 10.7. The van der Waals surface area contributed by atoms with Crippen LogP contribution in [-0.2, 0) is 33.4 Å². The molecule has 3 N–H and O–H groups in total. The molecule has 4 rings (SSSR count). The van der Waals surface area contributed by atoms with Crippen LogP contribution in [0.2, 0.25) is 0 Å². The summed E-state index contributed by atoms with van der Waals surface area (Å²) in [6, 6.07) is 11.6. The van der Waals surface area contributed by atoms with Gasteiger partial charge in [0.2, 0.25) is 17.7 Å². The van der Waals surface area contributed by atoms with E-state index in [-0.39, 0.29) is 0 Å². The predicted molar refractivity (Wildman–Crippen MR) is 166 cm³/mol. The van der Waals surface area contributed by atoms with E-state index >= 15 is 0 Å². The molecule has 48 heavy (non-hydrogen) atoms. The van der Waals surface area contributed by atoms with E-state index in [1.54, 1.807) is 81.4 Å². The third-order valence-corrected chi connectivity index (χ3v) is 7.64. The summed E-state index contributed by atoms with van der Waals surface area (Å²) in [5.41, 5.74) is 0.134. The summed E-state index contributed by atoms with van der Waals surface area (Å²) in [6.07, 6.45) is -6.22. The minimum Gasteiger partial charge on any atom is -0.480 e. The van der Waals surface area contributed by atoms with E-state index < -0.39 is 96.8 Å². The van der Waals surface area contributed by atoms with E-state index in [4.69, 9.17) is 14.2 Å². The minimum atomic E-state index is -1.57. The van der Waals surface area contributed by atoms with Crippen LogP contribution >= 0.6 is 0 Å². The SMILES string of the molecule is C[C@@H]1OC(=O)N(C(=O)C[C@H](NC(=O)[C@H]2[C@H](C)OC(=O)N2C(=O)C[C@H](NC(=O)OC(C)(C)C)c2ccccc2)c2ccccc2)[C@H]1C(=O)O. The summed E-state index contributed by atoms with van der Waals surface area (Å²) in [5.74, 6) is -4.06. The highest BCUT2D eigenvalue weighted by Gasteiger charge is 2.50. The number of carbonyl (C=O) groups is 7. The lowest BCUT2D eigenvalue weighted by Crippen LogP contribution is -2.52. The number of rotatable bonds is 10. The van der Waals surface area contributed by atoms with Crippen LogP contribution in [0.1, 0.15) is 70.7 Å². The molecule has 2 aliphatic rings. The maximum Gasteiger partial charge on any atom is 0.417 e. The van der Waals surface area contributed by atoms with E-state index in [9.17, 15) is 38.7 Å². The maximum atomic E-state index is 13.8. The monoisotopic (exact) mass is 666 g/mol. The average Bonchev–Trinajstić information content (AvgIpc) is 3.49. The first-order valence-electron chi connectivity index (χ1n) is 15.2. The van der Waals surface area contributed by atoms with Crippen molar-refractivity contribution < 1.29 is 52.9 Å². The highest BCUT2D eigenvalue weighted by atomic mass is 16.6. The van der Waals surface area contributed by atoms with Crippen molar-refractivity contribution in [1.29, 1.82) is 0 Å². The number of carboxylic acid groups (broad SMARTS) is 1. The number of carboxylic acids is 1. The van der Waals surface area contributed by atoms with Crippen LogP contribution in [0.3, 0.4) is 0 Å². The van der Waals surface area contributed by atoms with Gasteiger partial charge in [0.1, 0.15) is 17.8 Å². The number of hydrogen-bond donors (Lipinski definition) is 3. The Labute approximate surface area is 276 Å². The van der Waals surface area contributed by atoms with Crippen molar-refractivity contribution >= 4 is 42.0 Å². The molecule has 2 saturated heterocycles. The van der Waals surface area contributed by atoms with Gasteiger partial charge in [-0.05, 0) is 45.7 Å². The van der Waals surface area contributed by atoms with Gasteiger partial charge in [-0.25, -0.2) is 29.0 Å². The Bertz CT molecular complexity index is 1560. The lowest BCUT2D eigenvalue weighted by molar-refractivity contribution is -0.147. The normalized spacial score (nSPS) is 21.9. The zero-order valence-corrected chi connectivity index (χ0v) is 27.1. The molecule has 15 heteroatoms. The van der Waals surface area contributed by atoms with Crippen LogP contribution in [0.5, 0.6) is 0 Å². The van der Waals surface area contributed by atoms with Crippen molar-refractivity contribution in [2.24, 2.45) is 0 Å². The van der Waals surface area contributed by atoms with E-state index in [1.807, 2.05) is 0 Å². The first-order chi connectivity index (χ1) is 22.6. The average molecular weight is 667 g/mol. The number of nitrogens with zero attached hydrogens (tertiary/aromatic N) is 2. The van der Waals surface area contributed by atoms with Gasteiger partial charge in [-0.2, -0.15) is 0 Å². The van der Waals surface area contributed by atoms with Gasteiger partial charge in [-0.15, -0.1) is 0 Å². The highest BCUT2D eigenvalue weighted by molar-refractivity contribution is 6.01. The molecule has 2 aliphatic heterocycles. The van der Waals surface area contributed by atoms with Crippen LogP contribution in [0.25, 0.3) is 0 Å². The molecule has 256 valence electrons. The first kappa shape index (κ1) is 35.4. The molecule has 0 bridgehead atoms. The molecule has 2 fully saturated rings. The van der Waals surface area contributed by atoms with Crippen LogP contribution in [0.4, 0.5) is 14.4 Å². The molecule has 2 aromatic carbocycles. The number of hydrogen-bond acceptors (Lipinski definition) is 10. The van der Waals surface area contributed by atoms with E-state index in [1.165, 1.54) is 13.8 Å². The molecule has 0 radical (unpaired) electrons. The number of carbonyl (C=O) groups excluding carboxylic acids is 6. The molecular formula is C33H38N4O11. The van der Waals surface area contributed by atoms with Crippen molar-refractivity contribution in [3.05, 3.63) is 71.8 Å². The first-order valence-corrected chi connectivity index (χ1v) is 15.2. The standard InChI is InChI=1S/C33H38N4O11/c1-18-26(36(31(44)46-18)24(38)17-23(21-14-10-7-11-15-21)35-30(43)48-33(3,4)5)28(40)34-22(20-12-8-6-9-13-20)16-25(39)37-27(29(41)42)19(2)47-32(37)45/h6-15,18-19,22-23,26-27H,16-17H2,1-5H3,(H,34,40)(H,35,43)(H,41,42)/t18-,19-,22-,23-,26+,27+/m0/s1. The summed E-state index contributed by atoms with van der Waals surface area (Å²) in [5, 5.41) is 14.9. The predicted octanol–water partition coefficient (Wildman–Crippen LogP) is 3.45. The van der Waals surface area contributed by atoms with Gasteiger partial charge >= 0.3 is 24.2 Å². The number of benzene rings is 2. The van der Waals surface area contributed by atoms with Gasteiger partial charge in [-0.3, -0.25) is 14.4 Å². The number of alkyl carbamates (subject to hydrolysis) is 1. The highest BCUT2D eigenvalue weighted by Crippen LogP contribution is 2.28. The fourth-order valence-electron chi connectivity index (χ4n) is 5.49. The van der Waals surface area contributed by atoms with Gasteiger partial charge in [0.15, 0.2) is 12.1 Å². The van der Waals surface area contributed by atoms with Crippen molar-refractivity contribution in [2.45, 2.75) is 89.4 Å². The summed E-state index contributed by atoms with van der Waals surface area (Å²) in [4.78, 5) is 91.9. The molecule has 2 heterocycles. The number of amides is 6. The summed E-state index contributed by atoms with van der Waals surface area (Å²) in [6.45, 7) is 7.80. The lowest BCUT2D eigenvalue weighted by atomic mass is 10.0. The van der Waals surface area contributed by atoms with E-state index in [0.29, 0.717) is 20.9 Å². The van der Waals surface area contributed by atoms with Gasteiger partial charge in [-0.1, -0.05) is 60.7 Å². The fourth-order valence-corrected chi connectivity index (χ4v) is 5.49. The molecule has 15 nitrogen and oxygen atoms in total. The third-order valence-electron chi connectivity index (χ3n) is 7.64. The minimum absolute atomic E-state index is 0.424. The molecule has 0 spiro atoms. The molecule has 0 unspecified atom stereocenters. The number of aliphatic carboxylic acids is 1. The molecule has 0 aliphatic carbocycles. The van der Waals surface area contributed by atoms with Crippen LogP contribution in [-0.4, -0.2) is 86.8 Å². The molecule has 0 aromatic heterocycles. The van der Waals surface area contributed by atoms with Crippen LogP contribution < -0.4 is 10.6 Å². The van der Waals surface area contributed by atoms with Gasteiger partial charge in [0.25, 0.3) is 0 Å². The van der Waals surface area contributed by atoms with Crippen LogP contribution in [0, 0.1) is 0 Å². The Morgan fingerprint density at radius 1 is 0.750 bits per heavy atom. The van der Waals surface area contributed by atoms with Gasteiger partial charge < -0.3 is 30.0 Å². The van der Waals surface area contributed by atoms with Crippen LogP contribution in [0.15, 0.2) is 60.7 Å². The summed E-state index contributed by atoms with van der Waals surface area (Å²) in [7, 11) is 0. The second-order valence-corrected chi connectivity index (χ2v) is 12.4. The summed E-state index contributed by atoms with van der Waals surface area (Å²) >= 11 is 0. The molecule has 0 saturated carbocycles. The zero-order valence-electron chi connectivity index (χ0n) is 27.1. The Balaban J connectivity index is 1.57.